The molecule has 0 bridgehead atoms. The number of halogens is 1. The Morgan fingerprint density at radius 3 is 2.74 bits per heavy atom. The number of nitrogens with zero attached hydrogens (tertiary/aromatic N) is 1. The summed E-state index contributed by atoms with van der Waals surface area (Å²) in [6.45, 7) is 2.35. The smallest absolute Gasteiger partial charge is 0.256 e. The van der Waals surface area contributed by atoms with Gasteiger partial charge in [-0.05, 0) is 30.7 Å². The fraction of sp³-hybridized carbons (Fsp3) is 0.222. The van der Waals surface area contributed by atoms with Crippen molar-refractivity contribution in [2.75, 3.05) is 23.8 Å². The molecule has 1 unspecified atom stereocenters. The first-order valence-electron chi connectivity index (χ1n) is 8.27. The fourth-order valence-electron chi connectivity index (χ4n) is 2.80. The average Bonchev–Trinajstić information content (AvgIpc) is 3.05. The number of aliphatic hydroxyl groups is 1. The number of primary amides is 1. The number of rotatable bonds is 7. The van der Waals surface area contributed by atoms with E-state index in [4.69, 9.17) is 22.4 Å². The molecule has 2 heterocycles. The van der Waals surface area contributed by atoms with Crippen molar-refractivity contribution in [3.8, 4) is 0 Å². The van der Waals surface area contributed by atoms with Gasteiger partial charge in [-0.3, -0.25) is 4.79 Å². The molecular formula is C18H20ClN5O2S. The first-order valence-corrected chi connectivity index (χ1v) is 9.47. The Kier molecular flexibility index (Phi) is 5.79. The van der Waals surface area contributed by atoms with Gasteiger partial charge in [-0.1, -0.05) is 41.6 Å². The number of nitrogens with two attached hydrogens (primary N) is 1. The first-order chi connectivity index (χ1) is 12.9. The maximum absolute atomic E-state index is 11.7. The standard InChI is InChI=1S/C18H20ClN5O2S/c1-11-4-2-5-12(19)16(11)18(22-10-13(27-18)17(20)26)24-15-7-3-6-14(23-15)21-8-9-25/h2-7,10,22,25H,8-9H2,1H3,(H2,20,26)(H2,21,23,24). The molecule has 0 fully saturated rings. The maximum atomic E-state index is 11.7. The van der Waals surface area contributed by atoms with Gasteiger partial charge >= 0.3 is 0 Å². The van der Waals surface area contributed by atoms with Crippen molar-refractivity contribution >= 4 is 40.9 Å². The molecule has 3 rings (SSSR count). The third-order valence-corrected chi connectivity index (χ3v) is 5.54. The quantitative estimate of drug-likeness (QED) is 0.480. The van der Waals surface area contributed by atoms with Crippen molar-refractivity contribution in [3.63, 3.8) is 0 Å². The van der Waals surface area contributed by atoms with Crippen molar-refractivity contribution in [1.29, 1.82) is 0 Å². The number of benzene rings is 1. The van der Waals surface area contributed by atoms with Gasteiger partial charge in [-0.15, -0.1) is 0 Å². The Hall–Kier alpha value is -2.42. The van der Waals surface area contributed by atoms with E-state index >= 15 is 0 Å². The number of carbonyl (C=O) groups is 1. The molecule has 27 heavy (non-hydrogen) atoms. The number of carbonyl (C=O) groups excluding carboxylic acids is 1. The van der Waals surface area contributed by atoms with Crippen molar-refractivity contribution in [1.82, 2.24) is 10.3 Å². The molecule has 1 aliphatic heterocycles. The minimum atomic E-state index is -0.935. The van der Waals surface area contributed by atoms with Crippen molar-refractivity contribution in [2.45, 2.75) is 11.9 Å². The lowest BCUT2D eigenvalue weighted by Crippen LogP contribution is -2.42. The molecule has 1 aromatic heterocycles. The second-order valence-corrected chi connectivity index (χ2v) is 7.58. The molecule has 0 saturated heterocycles. The summed E-state index contributed by atoms with van der Waals surface area (Å²) < 4.78 is 0. The molecule has 0 aliphatic carbocycles. The largest absolute Gasteiger partial charge is 0.395 e. The number of pyridine rings is 1. The highest BCUT2D eigenvalue weighted by atomic mass is 35.5. The van der Waals surface area contributed by atoms with E-state index in [1.54, 1.807) is 18.3 Å². The summed E-state index contributed by atoms with van der Waals surface area (Å²) in [4.78, 5) is 15.7. The van der Waals surface area contributed by atoms with Crippen LogP contribution in [0.15, 0.2) is 47.5 Å². The van der Waals surface area contributed by atoms with E-state index < -0.39 is 10.9 Å². The number of nitrogens with one attached hydrogen (secondary N) is 3. The van der Waals surface area contributed by atoms with Crippen LogP contribution in [0.5, 0.6) is 0 Å². The second-order valence-electron chi connectivity index (χ2n) is 5.92. The maximum Gasteiger partial charge on any atom is 0.256 e. The zero-order valence-electron chi connectivity index (χ0n) is 14.6. The molecule has 1 aromatic carbocycles. The van der Waals surface area contributed by atoms with Crippen LogP contribution in [-0.2, 0) is 9.79 Å². The van der Waals surface area contributed by atoms with Gasteiger partial charge in [0.15, 0.2) is 4.99 Å². The lowest BCUT2D eigenvalue weighted by atomic mass is 10.1. The van der Waals surface area contributed by atoms with Gasteiger partial charge in [0.1, 0.15) is 11.6 Å². The van der Waals surface area contributed by atoms with Gasteiger partial charge in [-0.25, -0.2) is 4.98 Å². The molecule has 6 N–H and O–H groups in total. The molecule has 0 saturated carbocycles. The Bertz CT molecular complexity index is 872. The summed E-state index contributed by atoms with van der Waals surface area (Å²) >= 11 is 7.74. The van der Waals surface area contributed by atoms with E-state index in [0.29, 0.717) is 28.1 Å². The number of hydrogen-bond donors (Lipinski definition) is 5. The number of aliphatic hydroxyl groups excluding tert-OH is 1. The highest BCUT2D eigenvalue weighted by molar-refractivity contribution is 8.05. The van der Waals surface area contributed by atoms with E-state index in [0.717, 1.165) is 11.1 Å². The summed E-state index contributed by atoms with van der Waals surface area (Å²) in [6.07, 6.45) is 1.58. The van der Waals surface area contributed by atoms with Gasteiger partial charge in [-0.2, -0.15) is 0 Å². The summed E-state index contributed by atoms with van der Waals surface area (Å²) in [6, 6.07) is 11.1. The highest BCUT2D eigenvalue weighted by Gasteiger charge is 2.42. The molecule has 1 atom stereocenters. The third-order valence-electron chi connectivity index (χ3n) is 3.96. The van der Waals surface area contributed by atoms with Crippen LogP contribution in [0.2, 0.25) is 5.02 Å². The van der Waals surface area contributed by atoms with Gasteiger partial charge in [0, 0.05) is 23.3 Å². The van der Waals surface area contributed by atoms with Crippen LogP contribution in [-0.4, -0.2) is 29.1 Å². The minimum absolute atomic E-state index is 0.00535. The summed E-state index contributed by atoms with van der Waals surface area (Å²) in [5.41, 5.74) is 7.21. The van der Waals surface area contributed by atoms with Crippen LogP contribution in [0.3, 0.4) is 0 Å². The molecule has 7 nitrogen and oxygen atoms in total. The Morgan fingerprint density at radius 2 is 2.07 bits per heavy atom. The molecule has 1 amide bonds. The summed E-state index contributed by atoms with van der Waals surface area (Å²) in [5.74, 6) is 0.662. The molecule has 0 spiro atoms. The van der Waals surface area contributed by atoms with Crippen LogP contribution in [0, 0.1) is 6.92 Å². The van der Waals surface area contributed by atoms with Crippen LogP contribution < -0.4 is 21.7 Å². The average molecular weight is 406 g/mol. The molecule has 9 heteroatoms. The predicted molar refractivity (Wildman–Crippen MR) is 109 cm³/mol. The van der Waals surface area contributed by atoms with E-state index in [9.17, 15) is 4.79 Å². The van der Waals surface area contributed by atoms with Gasteiger partial charge in [0.25, 0.3) is 5.91 Å². The SMILES string of the molecule is Cc1cccc(Cl)c1C1(Nc2cccc(NCCO)n2)NC=C(C(N)=O)S1. The van der Waals surface area contributed by atoms with Crippen molar-refractivity contribution in [2.24, 2.45) is 5.73 Å². The third kappa shape index (κ3) is 4.13. The van der Waals surface area contributed by atoms with E-state index in [1.165, 1.54) is 11.8 Å². The summed E-state index contributed by atoms with van der Waals surface area (Å²) in [5, 5.41) is 19.1. The van der Waals surface area contributed by atoms with Crippen LogP contribution >= 0.6 is 23.4 Å². The first kappa shape index (κ1) is 19.3. The number of aryl methyl sites for hydroxylation is 1. The lowest BCUT2D eigenvalue weighted by Gasteiger charge is -2.33. The minimum Gasteiger partial charge on any atom is -0.395 e. The monoisotopic (exact) mass is 405 g/mol. The zero-order valence-corrected chi connectivity index (χ0v) is 16.2. The molecule has 1 aliphatic rings. The predicted octanol–water partition coefficient (Wildman–Crippen LogP) is 2.33. The zero-order chi connectivity index (χ0) is 19.4. The van der Waals surface area contributed by atoms with Crippen molar-refractivity contribution < 1.29 is 9.90 Å². The molecule has 142 valence electrons. The van der Waals surface area contributed by atoms with Crippen LogP contribution in [0.4, 0.5) is 11.6 Å². The topological polar surface area (TPSA) is 112 Å². The van der Waals surface area contributed by atoms with Crippen LogP contribution in [0.25, 0.3) is 0 Å². The molecule has 0 radical (unpaired) electrons. The van der Waals surface area contributed by atoms with E-state index in [-0.39, 0.29) is 6.61 Å². The van der Waals surface area contributed by atoms with Gasteiger partial charge in [0.2, 0.25) is 0 Å². The Labute approximate surface area is 166 Å². The van der Waals surface area contributed by atoms with E-state index in [1.807, 2.05) is 31.2 Å². The number of amides is 1. The number of thioether (sulfide) groups is 1. The number of anilines is 2. The van der Waals surface area contributed by atoms with E-state index in [2.05, 4.69) is 20.9 Å². The van der Waals surface area contributed by atoms with Crippen molar-refractivity contribution in [3.05, 3.63) is 63.7 Å². The Morgan fingerprint density at radius 1 is 1.33 bits per heavy atom. The molecular weight excluding hydrogens is 386 g/mol. The highest BCUT2D eigenvalue weighted by Crippen LogP contribution is 2.46. The normalized spacial score (nSPS) is 18.6. The molecule has 2 aromatic rings. The second kappa shape index (κ2) is 8.08. The number of hydrogen-bond acceptors (Lipinski definition) is 7. The van der Waals surface area contributed by atoms with Crippen LogP contribution in [0.1, 0.15) is 11.1 Å². The van der Waals surface area contributed by atoms with Gasteiger partial charge in [0.05, 0.1) is 11.5 Å². The fourth-order valence-corrected chi connectivity index (χ4v) is 4.42. The Balaban J connectivity index is 1.99. The summed E-state index contributed by atoms with van der Waals surface area (Å²) in [7, 11) is 0. The number of aromatic nitrogens is 1. The lowest BCUT2D eigenvalue weighted by molar-refractivity contribution is -0.113. The van der Waals surface area contributed by atoms with Gasteiger partial charge < -0.3 is 26.8 Å².